The highest BCUT2D eigenvalue weighted by Crippen LogP contribution is 2.33. The Bertz CT molecular complexity index is 1060. The summed E-state index contributed by atoms with van der Waals surface area (Å²) < 4.78 is 2.62. The number of hydrogen-bond donors (Lipinski definition) is 1. The summed E-state index contributed by atoms with van der Waals surface area (Å²) in [5, 5.41) is 8.87. The van der Waals surface area contributed by atoms with Crippen molar-refractivity contribution in [2.45, 2.75) is 48.9 Å². The van der Waals surface area contributed by atoms with Gasteiger partial charge in [-0.25, -0.2) is 18.9 Å². The van der Waals surface area contributed by atoms with Crippen molar-refractivity contribution in [3.8, 4) is 0 Å². The van der Waals surface area contributed by atoms with Gasteiger partial charge in [-0.05, 0) is 31.0 Å². The van der Waals surface area contributed by atoms with Crippen molar-refractivity contribution < 1.29 is 4.79 Å². The van der Waals surface area contributed by atoms with Crippen LogP contribution in [0.2, 0.25) is 5.02 Å². The zero-order chi connectivity index (χ0) is 19.5. The molecule has 146 valence electrons. The Balaban J connectivity index is 1.54. The fourth-order valence-electron chi connectivity index (χ4n) is 3.36. The maximum atomic E-state index is 12.6. The molecule has 28 heavy (non-hydrogen) atoms. The second-order valence-electron chi connectivity index (χ2n) is 6.80. The third-order valence-electron chi connectivity index (χ3n) is 4.70. The number of nitrogens with zero attached hydrogens (tertiary/aromatic N) is 4. The lowest BCUT2D eigenvalue weighted by molar-refractivity contribution is -0.117. The van der Waals surface area contributed by atoms with E-state index in [9.17, 15) is 9.59 Å². The third-order valence-corrected chi connectivity index (χ3v) is 6.25. The van der Waals surface area contributed by atoms with E-state index in [1.165, 1.54) is 28.3 Å². The van der Waals surface area contributed by atoms with Crippen LogP contribution in [0.25, 0.3) is 5.65 Å². The Morgan fingerprint density at radius 3 is 2.89 bits per heavy atom. The molecule has 1 amide bonds. The van der Waals surface area contributed by atoms with Gasteiger partial charge in [-0.1, -0.05) is 48.7 Å². The lowest BCUT2D eigenvalue weighted by Gasteiger charge is -2.20. The molecular formula is C19H20ClN5O2S. The van der Waals surface area contributed by atoms with E-state index >= 15 is 0 Å². The van der Waals surface area contributed by atoms with E-state index in [1.54, 1.807) is 48.4 Å². The zero-order valence-corrected chi connectivity index (χ0v) is 16.7. The van der Waals surface area contributed by atoms with Crippen LogP contribution in [0.15, 0.2) is 46.5 Å². The Morgan fingerprint density at radius 1 is 1.29 bits per heavy atom. The van der Waals surface area contributed by atoms with Gasteiger partial charge >= 0.3 is 5.69 Å². The molecule has 0 bridgehead atoms. The second kappa shape index (κ2) is 8.36. The quantitative estimate of drug-likeness (QED) is 0.685. The molecule has 0 saturated heterocycles. The van der Waals surface area contributed by atoms with Crippen LogP contribution >= 0.6 is 23.4 Å². The molecule has 2 heterocycles. The number of halogens is 1. The molecule has 0 unspecified atom stereocenters. The Hall–Kier alpha value is -2.32. The first-order valence-corrected chi connectivity index (χ1v) is 10.5. The minimum atomic E-state index is -0.357. The van der Waals surface area contributed by atoms with E-state index < -0.39 is 0 Å². The molecule has 9 heteroatoms. The Labute approximate surface area is 171 Å². The number of anilines is 1. The lowest BCUT2D eigenvalue weighted by Crippen LogP contribution is -2.28. The van der Waals surface area contributed by atoms with Crippen LogP contribution in [-0.4, -0.2) is 30.3 Å². The SMILES string of the molecule is O=C(Cn1nc2c(SC3CCCCC3)nccn2c1=O)Nc1cccc(Cl)c1. The van der Waals surface area contributed by atoms with Gasteiger partial charge in [0.05, 0.1) is 0 Å². The highest BCUT2D eigenvalue weighted by Gasteiger charge is 2.20. The van der Waals surface area contributed by atoms with Crippen LogP contribution in [0, 0.1) is 0 Å². The largest absolute Gasteiger partial charge is 0.350 e. The topological polar surface area (TPSA) is 81.3 Å². The number of thioether (sulfide) groups is 1. The lowest BCUT2D eigenvalue weighted by atomic mass is 10.0. The van der Waals surface area contributed by atoms with E-state index in [1.807, 2.05) is 0 Å². The molecule has 0 aliphatic heterocycles. The Kier molecular flexibility index (Phi) is 5.68. The summed E-state index contributed by atoms with van der Waals surface area (Å²) >= 11 is 7.61. The number of amides is 1. The molecular weight excluding hydrogens is 398 g/mol. The zero-order valence-electron chi connectivity index (χ0n) is 15.2. The summed E-state index contributed by atoms with van der Waals surface area (Å²) in [6.45, 7) is -0.180. The van der Waals surface area contributed by atoms with Crippen molar-refractivity contribution in [3.63, 3.8) is 0 Å². The summed E-state index contributed by atoms with van der Waals surface area (Å²) in [6, 6.07) is 6.85. The monoisotopic (exact) mass is 417 g/mol. The second-order valence-corrected chi connectivity index (χ2v) is 8.53. The van der Waals surface area contributed by atoms with Crippen molar-refractivity contribution >= 4 is 40.6 Å². The number of nitrogens with one attached hydrogen (secondary N) is 1. The average Bonchev–Trinajstić information content (AvgIpc) is 2.99. The van der Waals surface area contributed by atoms with Crippen molar-refractivity contribution in [1.29, 1.82) is 0 Å². The standard InChI is InChI=1S/C19H20ClN5O2S/c20-13-5-4-6-14(11-13)22-16(26)12-25-19(27)24-10-9-21-18(17(24)23-25)28-15-7-2-1-3-8-15/h4-6,9-11,15H,1-3,7-8,12H2,(H,22,26). The number of rotatable bonds is 5. The summed E-state index contributed by atoms with van der Waals surface area (Å²) in [5.74, 6) is -0.345. The first-order valence-electron chi connectivity index (χ1n) is 9.26. The summed E-state index contributed by atoms with van der Waals surface area (Å²) in [7, 11) is 0. The van der Waals surface area contributed by atoms with Gasteiger partial charge in [0.2, 0.25) is 5.91 Å². The normalized spacial score (nSPS) is 15.0. The van der Waals surface area contributed by atoms with Gasteiger partial charge in [-0.3, -0.25) is 4.79 Å². The van der Waals surface area contributed by atoms with Gasteiger partial charge in [0, 0.05) is 28.4 Å². The molecule has 4 rings (SSSR count). The predicted molar refractivity (Wildman–Crippen MR) is 110 cm³/mol. The molecule has 1 N–H and O–H groups in total. The van der Waals surface area contributed by atoms with Gasteiger partial charge in [0.15, 0.2) is 5.65 Å². The third kappa shape index (κ3) is 4.23. The van der Waals surface area contributed by atoms with Gasteiger partial charge < -0.3 is 5.32 Å². The van der Waals surface area contributed by atoms with Crippen molar-refractivity contribution in [2.75, 3.05) is 5.32 Å². The molecule has 7 nitrogen and oxygen atoms in total. The van der Waals surface area contributed by atoms with E-state index in [0.717, 1.165) is 17.9 Å². The van der Waals surface area contributed by atoms with Crippen LogP contribution in [0.5, 0.6) is 0 Å². The van der Waals surface area contributed by atoms with Crippen LogP contribution in [0.1, 0.15) is 32.1 Å². The molecule has 2 aromatic heterocycles. The number of aromatic nitrogens is 4. The van der Waals surface area contributed by atoms with Crippen molar-refractivity contribution in [1.82, 2.24) is 19.2 Å². The first-order chi connectivity index (χ1) is 13.6. The van der Waals surface area contributed by atoms with Gasteiger partial charge in [-0.15, -0.1) is 5.10 Å². The summed E-state index contributed by atoms with van der Waals surface area (Å²) in [5.41, 5.74) is 0.715. The summed E-state index contributed by atoms with van der Waals surface area (Å²) in [6.07, 6.45) is 9.24. The Morgan fingerprint density at radius 2 is 2.11 bits per heavy atom. The average molecular weight is 418 g/mol. The highest BCUT2D eigenvalue weighted by atomic mass is 35.5. The molecule has 1 aliphatic rings. The molecule has 0 spiro atoms. The number of fused-ring (bicyclic) bond motifs is 1. The molecule has 0 radical (unpaired) electrons. The molecule has 1 aromatic carbocycles. The number of benzene rings is 1. The molecule has 0 atom stereocenters. The van der Waals surface area contributed by atoms with Crippen molar-refractivity contribution in [3.05, 3.63) is 52.2 Å². The van der Waals surface area contributed by atoms with Crippen LogP contribution in [-0.2, 0) is 11.3 Å². The van der Waals surface area contributed by atoms with Crippen LogP contribution in [0.3, 0.4) is 0 Å². The number of carbonyl (C=O) groups excluding carboxylic acids is 1. The maximum Gasteiger partial charge on any atom is 0.350 e. The van der Waals surface area contributed by atoms with Crippen molar-refractivity contribution in [2.24, 2.45) is 0 Å². The fourth-order valence-corrected chi connectivity index (χ4v) is 4.80. The van der Waals surface area contributed by atoms with Gasteiger partial charge in [0.1, 0.15) is 11.6 Å². The summed E-state index contributed by atoms with van der Waals surface area (Å²) in [4.78, 5) is 29.4. The van der Waals surface area contributed by atoms with E-state index in [2.05, 4.69) is 15.4 Å². The number of carbonyl (C=O) groups is 1. The smallest absolute Gasteiger partial charge is 0.324 e. The molecule has 1 saturated carbocycles. The number of hydrogen-bond acceptors (Lipinski definition) is 5. The van der Waals surface area contributed by atoms with Gasteiger partial charge in [0.25, 0.3) is 0 Å². The minimum Gasteiger partial charge on any atom is -0.324 e. The van der Waals surface area contributed by atoms with Gasteiger partial charge in [-0.2, -0.15) is 0 Å². The van der Waals surface area contributed by atoms with E-state index in [0.29, 0.717) is 21.6 Å². The highest BCUT2D eigenvalue weighted by molar-refractivity contribution is 8.00. The maximum absolute atomic E-state index is 12.6. The van der Waals surface area contributed by atoms with Crippen LogP contribution in [0.4, 0.5) is 5.69 Å². The van der Waals surface area contributed by atoms with E-state index in [4.69, 9.17) is 11.6 Å². The molecule has 1 fully saturated rings. The molecule has 1 aliphatic carbocycles. The van der Waals surface area contributed by atoms with E-state index in [-0.39, 0.29) is 18.1 Å². The first kappa shape index (κ1) is 19.0. The van der Waals surface area contributed by atoms with Crippen LogP contribution < -0.4 is 11.0 Å². The predicted octanol–water partition coefficient (Wildman–Crippen LogP) is 3.61. The fraction of sp³-hybridized carbons (Fsp3) is 0.368. The minimum absolute atomic E-state index is 0.180. The molecule has 3 aromatic rings.